The third-order valence-corrected chi connectivity index (χ3v) is 8.17. The Kier molecular flexibility index (Phi) is 7.46. The monoisotopic (exact) mass is 350 g/mol. The molecule has 0 aliphatic carbocycles. The van der Waals surface area contributed by atoms with Crippen LogP contribution in [0.15, 0.2) is 0 Å². The molecule has 0 bridgehead atoms. The Labute approximate surface area is 131 Å². The lowest BCUT2D eigenvalue weighted by Crippen LogP contribution is -2.47. The van der Waals surface area contributed by atoms with Crippen molar-refractivity contribution in [1.29, 1.82) is 0 Å². The summed E-state index contributed by atoms with van der Waals surface area (Å²) in [7, 11) is -6.27. The topological polar surface area (TPSA) is 105 Å². The first-order valence-corrected chi connectivity index (χ1v) is 11.7. The SMILES string of the molecule is CC(=O)O[Si](C)(CC[Si](C)(OC(C)=O)OC(C)=O)OC(C)=O. The van der Waals surface area contributed by atoms with Gasteiger partial charge in [0, 0.05) is 52.9 Å². The molecule has 0 aliphatic heterocycles. The average Bonchev–Trinajstić information content (AvgIpc) is 2.21. The van der Waals surface area contributed by atoms with E-state index in [0.29, 0.717) is 0 Å². The normalized spacial score (nSPS) is 11.4. The summed E-state index contributed by atoms with van der Waals surface area (Å²) in [4.78, 5) is 44.7. The van der Waals surface area contributed by atoms with Crippen LogP contribution in [0.5, 0.6) is 0 Å². The molecule has 0 radical (unpaired) electrons. The molecule has 22 heavy (non-hydrogen) atoms. The van der Waals surface area contributed by atoms with Gasteiger partial charge in [0.05, 0.1) is 0 Å². The molecule has 0 fully saturated rings. The smallest absolute Gasteiger partial charge is 0.460 e. The van der Waals surface area contributed by atoms with Gasteiger partial charge in [-0.25, -0.2) is 0 Å². The Morgan fingerprint density at radius 3 is 0.909 bits per heavy atom. The van der Waals surface area contributed by atoms with Gasteiger partial charge in [-0.2, -0.15) is 0 Å². The van der Waals surface area contributed by atoms with Crippen molar-refractivity contribution in [2.24, 2.45) is 0 Å². The predicted molar refractivity (Wildman–Crippen MR) is 79.9 cm³/mol. The van der Waals surface area contributed by atoms with Gasteiger partial charge in [-0.05, 0) is 0 Å². The Morgan fingerprint density at radius 2 is 0.773 bits per heavy atom. The van der Waals surface area contributed by atoms with Crippen LogP contribution in [-0.2, 0) is 36.9 Å². The summed E-state index contributed by atoms with van der Waals surface area (Å²) in [5.41, 5.74) is 0. The molecule has 0 spiro atoms. The summed E-state index contributed by atoms with van der Waals surface area (Å²) in [5, 5.41) is 0. The molecule has 0 aromatic carbocycles. The molecule has 0 N–H and O–H groups in total. The lowest BCUT2D eigenvalue weighted by Gasteiger charge is -2.29. The van der Waals surface area contributed by atoms with Crippen molar-refractivity contribution in [2.75, 3.05) is 0 Å². The fourth-order valence-electron chi connectivity index (χ4n) is 1.92. The first-order chi connectivity index (χ1) is 9.87. The number of carbonyl (C=O) groups is 4. The van der Waals surface area contributed by atoms with Gasteiger partial charge in [0.25, 0.3) is 23.9 Å². The first-order valence-electron chi connectivity index (χ1n) is 6.66. The summed E-state index contributed by atoms with van der Waals surface area (Å²) in [6, 6.07) is 0.324. The van der Waals surface area contributed by atoms with Crippen molar-refractivity contribution >= 4 is 41.0 Å². The molecule has 0 rings (SSSR count). The second kappa shape index (κ2) is 8.08. The number of hydrogen-bond donors (Lipinski definition) is 0. The van der Waals surface area contributed by atoms with Gasteiger partial charge in [-0.1, -0.05) is 0 Å². The third-order valence-electron chi connectivity index (χ3n) is 2.47. The second-order valence-electron chi connectivity index (χ2n) is 5.14. The number of hydrogen-bond acceptors (Lipinski definition) is 8. The van der Waals surface area contributed by atoms with Gasteiger partial charge in [0.15, 0.2) is 0 Å². The van der Waals surface area contributed by atoms with Crippen LogP contribution in [0.4, 0.5) is 0 Å². The molecule has 0 aromatic rings. The first kappa shape index (κ1) is 20.3. The second-order valence-corrected chi connectivity index (χ2v) is 11.5. The van der Waals surface area contributed by atoms with Crippen molar-refractivity contribution in [3.05, 3.63) is 0 Å². The molecule has 10 heteroatoms. The fraction of sp³-hybridized carbons (Fsp3) is 0.667. The van der Waals surface area contributed by atoms with Gasteiger partial charge >= 0.3 is 17.1 Å². The summed E-state index contributed by atoms with van der Waals surface area (Å²) in [6.45, 7) is 7.94. The van der Waals surface area contributed by atoms with Crippen LogP contribution in [-0.4, -0.2) is 41.0 Å². The minimum Gasteiger partial charge on any atom is -0.485 e. The molecule has 0 aliphatic rings. The highest BCUT2D eigenvalue weighted by atomic mass is 28.4. The maximum absolute atomic E-state index is 11.2. The molecule has 126 valence electrons. The lowest BCUT2D eigenvalue weighted by atomic mass is 10.9. The molecule has 0 saturated carbocycles. The van der Waals surface area contributed by atoms with Crippen molar-refractivity contribution in [1.82, 2.24) is 0 Å². The molecule has 0 amide bonds. The van der Waals surface area contributed by atoms with E-state index in [2.05, 4.69) is 0 Å². The van der Waals surface area contributed by atoms with E-state index in [1.165, 1.54) is 27.7 Å². The fourth-order valence-corrected chi connectivity index (χ4v) is 8.47. The van der Waals surface area contributed by atoms with Crippen molar-refractivity contribution in [3.8, 4) is 0 Å². The van der Waals surface area contributed by atoms with Gasteiger partial charge in [0.2, 0.25) is 0 Å². The van der Waals surface area contributed by atoms with Crippen LogP contribution in [0.3, 0.4) is 0 Å². The van der Waals surface area contributed by atoms with Crippen LogP contribution in [0.2, 0.25) is 25.2 Å². The Bertz CT molecular complexity index is 388. The summed E-state index contributed by atoms with van der Waals surface area (Å²) in [6.07, 6.45) is 0. The zero-order valence-electron chi connectivity index (χ0n) is 13.7. The molecular formula is C12H22O8Si2. The van der Waals surface area contributed by atoms with Crippen LogP contribution in [0.1, 0.15) is 27.7 Å². The van der Waals surface area contributed by atoms with Gasteiger partial charge in [0.1, 0.15) is 0 Å². The van der Waals surface area contributed by atoms with Gasteiger partial charge in [-0.3, -0.25) is 19.2 Å². The Balaban J connectivity index is 5.09. The van der Waals surface area contributed by atoms with E-state index in [1.54, 1.807) is 13.1 Å². The number of carbonyl (C=O) groups excluding carboxylic acids is 4. The maximum atomic E-state index is 11.2. The zero-order chi connectivity index (χ0) is 17.6. The molecule has 0 aromatic heterocycles. The van der Waals surface area contributed by atoms with Crippen molar-refractivity contribution in [2.45, 2.75) is 52.9 Å². The third kappa shape index (κ3) is 8.57. The van der Waals surface area contributed by atoms with E-state index < -0.39 is 41.0 Å². The quantitative estimate of drug-likeness (QED) is 0.634. The van der Waals surface area contributed by atoms with Gasteiger partial charge < -0.3 is 17.7 Å². The predicted octanol–water partition coefficient (Wildman–Crippen LogP) is 1.38. The maximum Gasteiger partial charge on any atom is 0.460 e. The summed E-state index contributed by atoms with van der Waals surface area (Å²) >= 11 is 0. The van der Waals surface area contributed by atoms with E-state index in [1.807, 2.05) is 0 Å². The largest absolute Gasteiger partial charge is 0.485 e. The van der Waals surface area contributed by atoms with Crippen LogP contribution in [0.25, 0.3) is 0 Å². The van der Waals surface area contributed by atoms with E-state index >= 15 is 0 Å². The van der Waals surface area contributed by atoms with E-state index in [0.717, 1.165) is 0 Å². The van der Waals surface area contributed by atoms with E-state index in [-0.39, 0.29) is 12.1 Å². The van der Waals surface area contributed by atoms with Crippen molar-refractivity contribution < 1.29 is 36.9 Å². The molecule has 8 nitrogen and oxygen atoms in total. The average molecular weight is 350 g/mol. The molecular weight excluding hydrogens is 328 g/mol. The van der Waals surface area contributed by atoms with Crippen molar-refractivity contribution in [3.63, 3.8) is 0 Å². The van der Waals surface area contributed by atoms with Crippen LogP contribution in [0, 0.1) is 0 Å². The highest BCUT2D eigenvalue weighted by molar-refractivity contribution is 6.74. The van der Waals surface area contributed by atoms with E-state index in [4.69, 9.17) is 17.7 Å². The highest BCUT2D eigenvalue weighted by Crippen LogP contribution is 2.25. The molecule has 0 unspecified atom stereocenters. The molecule has 0 atom stereocenters. The summed E-state index contributed by atoms with van der Waals surface area (Å²) in [5.74, 6) is -2.28. The lowest BCUT2D eigenvalue weighted by molar-refractivity contribution is -0.141. The van der Waals surface area contributed by atoms with Crippen LogP contribution < -0.4 is 0 Å². The minimum atomic E-state index is -3.13. The van der Waals surface area contributed by atoms with E-state index in [9.17, 15) is 19.2 Å². The standard InChI is InChI=1S/C12H22O8Si2/c1-9(13)17-21(5,18-10(2)14)7-8-22(6,19-11(3)15)20-12(4)16/h7-8H2,1-6H3. The molecule has 0 heterocycles. The Hall–Kier alpha value is -1.69. The Morgan fingerprint density at radius 1 is 0.591 bits per heavy atom. The van der Waals surface area contributed by atoms with Gasteiger partial charge in [-0.15, -0.1) is 0 Å². The highest BCUT2D eigenvalue weighted by Gasteiger charge is 2.46. The van der Waals surface area contributed by atoms with Crippen LogP contribution >= 0.6 is 0 Å². The minimum absolute atomic E-state index is 0.162. The number of rotatable bonds is 7. The molecule has 0 saturated heterocycles. The summed E-state index contributed by atoms with van der Waals surface area (Å²) < 4.78 is 20.6. The zero-order valence-corrected chi connectivity index (χ0v) is 15.7.